The number of sulfone groups is 1. The first-order valence-electron chi connectivity index (χ1n) is 11.5. The van der Waals surface area contributed by atoms with Crippen molar-refractivity contribution in [1.82, 2.24) is 4.90 Å². The highest BCUT2D eigenvalue weighted by Crippen LogP contribution is 2.33. The van der Waals surface area contributed by atoms with Crippen LogP contribution < -0.4 is 4.72 Å². The van der Waals surface area contributed by atoms with Crippen LogP contribution in [0.1, 0.15) is 52.2 Å². The summed E-state index contributed by atoms with van der Waals surface area (Å²) in [6.45, 7) is 2.52. The largest absolute Gasteiger partial charge is 0.416 e. The van der Waals surface area contributed by atoms with Crippen LogP contribution in [0.15, 0.2) is 42.5 Å². The van der Waals surface area contributed by atoms with Crippen molar-refractivity contribution in [3.8, 4) is 0 Å². The molecule has 1 amide bonds. The number of benzene rings is 2. The van der Waals surface area contributed by atoms with Crippen molar-refractivity contribution >= 4 is 31.5 Å². The maximum atomic E-state index is 13.1. The fraction of sp³-hybridized carbons (Fsp3) is 0.458. The summed E-state index contributed by atoms with van der Waals surface area (Å²) in [7, 11) is -7.33. The average molecular weight is 545 g/mol. The smallest absolute Gasteiger partial charge is 0.339 e. The highest BCUT2D eigenvalue weighted by molar-refractivity contribution is 7.97. The normalized spacial score (nSPS) is 20.9. The number of nitrogens with one attached hydrogen (secondary N) is 1. The lowest BCUT2D eigenvalue weighted by molar-refractivity contribution is -0.137. The zero-order chi connectivity index (χ0) is 26.3. The zero-order valence-electron chi connectivity index (χ0n) is 19.6. The van der Waals surface area contributed by atoms with Gasteiger partial charge in [-0.2, -0.15) is 13.2 Å². The molecule has 2 aromatic rings. The first-order valence-corrected chi connectivity index (χ1v) is 14.9. The highest BCUT2D eigenvalue weighted by Gasteiger charge is 2.37. The molecule has 2 aliphatic heterocycles. The summed E-state index contributed by atoms with van der Waals surface area (Å²) in [5.74, 6) is -0.823. The van der Waals surface area contributed by atoms with Crippen molar-refractivity contribution in [2.45, 2.75) is 43.5 Å². The molecule has 2 heterocycles. The van der Waals surface area contributed by atoms with E-state index >= 15 is 0 Å². The molecule has 2 fully saturated rings. The molecule has 0 radical (unpaired) electrons. The lowest BCUT2D eigenvalue weighted by Crippen LogP contribution is -2.38. The molecule has 0 aromatic heterocycles. The SMILES string of the molecule is Cc1ccc(C(=O)N2CCC(c3ccc(C(F)(F)F)cc3)CC2)cc1NS(=O)(=O)C1CCS(=O)(=O)C1. The maximum Gasteiger partial charge on any atom is 0.416 e. The summed E-state index contributed by atoms with van der Waals surface area (Å²) < 4.78 is 89.8. The number of amides is 1. The van der Waals surface area contributed by atoms with Crippen LogP contribution in [-0.2, 0) is 26.0 Å². The monoisotopic (exact) mass is 544 g/mol. The topological polar surface area (TPSA) is 101 Å². The average Bonchev–Trinajstić information content (AvgIpc) is 3.20. The molecule has 1 atom stereocenters. The van der Waals surface area contributed by atoms with E-state index in [0.29, 0.717) is 37.1 Å². The van der Waals surface area contributed by atoms with E-state index in [-0.39, 0.29) is 29.7 Å². The Balaban J connectivity index is 1.41. The third-order valence-electron chi connectivity index (χ3n) is 6.86. The Kier molecular flexibility index (Phi) is 7.13. The number of halogens is 3. The number of likely N-dealkylation sites (tertiary alicyclic amines) is 1. The summed E-state index contributed by atoms with van der Waals surface area (Å²) >= 11 is 0. The molecule has 2 aromatic carbocycles. The van der Waals surface area contributed by atoms with E-state index in [1.54, 1.807) is 24.0 Å². The number of rotatable bonds is 5. The van der Waals surface area contributed by atoms with E-state index in [2.05, 4.69) is 4.72 Å². The second kappa shape index (κ2) is 9.70. The van der Waals surface area contributed by atoms with Crippen molar-refractivity contribution in [2.75, 3.05) is 29.3 Å². The number of hydrogen-bond donors (Lipinski definition) is 1. The molecule has 1 N–H and O–H groups in total. The van der Waals surface area contributed by atoms with Gasteiger partial charge in [-0.05, 0) is 67.5 Å². The van der Waals surface area contributed by atoms with Crippen LogP contribution >= 0.6 is 0 Å². The first-order chi connectivity index (χ1) is 16.7. The summed E-state index contributed by atoms with van der Waals surface area (Å²) in [5.41, 5.74) is 1.22. The standard InChI is InChI=1S/C24H27F3N2O5S2/c1-16-2-3-19(14-22(16)28-36(33,34)21-10-13-35(31,32)15-21)23(30)29-11-8-18(9-12-29)17-4-6-20(7-5-17)24(25,26)27/h2-7,14,18,21,28H,8-13,15H2,1H3. The van der Waals surface area contributed by atoms with Crippen molar-refractivity contribution < 1.29 is 34.8 Å². The Morgan fingerprint density at radius 3 is 2.22 bits per heavy atom. The quantitative estimate of drug-likeness (QED) is 0.614. The van der Waals surface area contributed by atoms with Gasteiger partial charge in [-0.25, -0.2) is 16.8 Å². The molecule has 36 heavy (non-hydrogen) atoms. The molecule has 2 saturated heterocycles. The number of anilines is 1. The number of piperidine rings is 1. The predicted molar refractivity (Wildman–Crippen MR) is 130 cm³/mol. The number of nitrogens with zero attached hydrogens (tertiary/aromatic N) is 1. The summed E-state index contributed by atoms with van der Waals surface area (Å²) in [6, 6.07) is 9.81. The van der Waals surface area contributed by atoms with Gasteiger partial charge in [0.1, 0.15) is 0 Å². The van der Waals surface area contributed by atoms with Crippen LogP contribution in [0.5, 0.6) is 0 Å². The Hall–Kier alpha value is -2.60. The molecule has 196 valence electrons. The molecule has 4 rings (SSSR count). The fourth-order valence-corrected chi connectivity index (χ4v) is 8.80. The van der Waals surface area contributed by atoms with Crippen LogP contribution in [0.4, 0.5) is 18.9 Å². The summed E-state index contributed by atoms with van der Waals surface area (Å²) in [4.78, 5) is 14.8. The highest BCUT2D eigenvalue weighted by atomic mass is 32.2. The van der Waals surface area contributed by atoms with Gasteiger partial charge in [-0.1, -0.05) is 18.2 Å². The van der Waals surface area contributed by atoms with Crippen LogP contribution in [0.3, 0.4) is 0 Å². The number of hydrogen-bond acceptors (Lipinski definition) is 5. The number of carbonyl (C=O) groups excluding carboxylic acids is 1. The predicted octanol–water partition coefficient (Wildman–Crippen LogP) is 3.96. The minimum Gasteiger partial charge on any atom is -0.339 e. The van der Waals surface area contributed by atoms with Crippen LogP contribution in [0.25, 0.3) is 0 Å². The molecule has 0 aliphatic carbocycles. The molecular weight excluding hydrogens is 517 g/mol. The van der Waals surface area contributed by atoms with Gasteiger partial charge in [-0.15, -0.1) is 0 Å². The Labute approximate surface area is 208 Å². The molecule has 0 saturated carbocycles. The minimum atomic E-state index is -4.38. The molecular formula is C24H27F3N2O5S2. The first kappa shape index (κ1) is 26.5. The zero-order valence-corrected chi connectivity index (χ0v) is 21.2. The fourth-order valence-electron chi connectivity index (χ4n) is 4.65. The molecule has 12 heteroatoms. The second-order valence-electron chi connectivity index (χ2n) is 9.39. The lowest BCUT2D eigenvalue weighted by Gasteiger charge is -2.32. The molecule has 0 bridgehead atoms. The number of alkyl halides is 3. The molecule has 7 nitrogen and oxygen atoms in total. The third kappa shape index (κ3) is 5.86. The van der Waals surface area contributed by atoms with E-state index in [9.17, 15) is 34.8 Å². The van der Waals surface area contributed by atoms with Crippen molar-refractivity contribution in [3.05, 3.63) is 64.7 Å². The Bertz CT molecular complexity index is 1350. The minimum absolute atomic E-state index is 0.0310. The second-order valence-corrected chi connectivity index (χ2v) is 13.6. The van der Waals surface area contributed by atoms with Gasteiger partial charge >= 0.3 is 6.18 Å². The lowest BCUT2D eigenvalue weighted by atomic mass is 9.88. The van der Waals surface area contributed by atoms with Gasteiger partial charge in [-0.3, -0.25) is 9.52 Å². The van der Waals surface area contributed by atoms with Gasteiger partial charge in [0, 0.05) is 18.7 Å². The van der Waals surface area contributed by atoms with E-state index < -0.39 is 42.6 Å². The number of carbonyl (C=O) groups is 1. The van der Waals surface area contributed by atoms with Crippen molar-refractivity contribution in [2.24, 2.45) is 0 Å². The summed E-state index contributed by atoms with van der Waals surface area (Å²) in [6.07, 6.45) is -3.16. The Morgan fingerprint density at radius 1 is 1.03 bits per heavy atom. The Morgan fingerprint density at radius 2 is 1.67 bits per heavy atom. The van der Waals surface area contributed by atoms with Crippen LogP contribution in [0, 0.1) is 6.92 Å². The van der Waals surface area contributed by atoms with Gasteiger partial charge in [0.25, 0.3) is 5.91 Å². The molecule has 2 aliphatic rings. The summed E-state index contributed by atoms with van der Waals surface area (Å²) in [5, 5.41) is -1.04. The van der Waals surface area contributed by atoms with Crippen molar-refractivity contribution in [3.63, 3.8) is 0 Å². The van der Waals surface area contributed by atoms with Crippen LogP contribution in [-0.4, -0.2) is 57.5 Å². The third-order valence-corrected chi connectivity index (χ3v) is 10.6. The van der Waals surface area contributed by atoms with Gasteiger partial charge < -0.3 is 4.90 Å². The van der Waals surface area contributed by atoms with Gasteiger partial charge in [0.2, 0.25) is 10.0 Å². The van der Waals surface area contributed by atoms with Gasteiger partial charge in [0.15, 0.2) is 9.84 Å². The number of aryl methyl sites for hydroxylation is 1. The van der Waals surface area contributed by atoms with E-state index in [1.807, 2.05) is 0 Å². The molecule has 1 unspecified atom stereocenters. The van der Waals surface area contributed by atoms with E-state index in [1.165, 1.54) is 18.2 Å². The molecule has 0 spiro atoms. The van der Waals surface area contributed by atoms with E-state index in [4.69, 9.17) is 0 Å². The van der Waals surface area contributed by atoms with Crippen LogP contribution in [0.2, 0.25) is 0 Å². The maximum absolute atomic E-state index is 13.1. The number of sulfonamides is 1. The van der Waals surface area contributed by atoms with Crippen molar-refractivity contribution in [1.29, 1.82) is 0 Å². The van der Waals surface area contributed by atoms with Gasteiger partial charge in [0.05, 0.1) is 28.0 Å². The van der Waals surface area contributed by atoms with E-state index in [0.717, 1.165) is 17.7 Å².